The summed E-state index contributed by atoms with van der Waals surface area (Å²) in [5.74, 6) is 0. The Morgan fingerprint density at radius 3 is 2.71 bits per heavy atom. The van der Waals surface area contributed by atoms with Crippen LogP contribution in [0.5, 0.6) is 0 Å². The first-order valence-corrected chi connectivity index (χ1v) is 3.78. The normalized spacial score (nSPS) is 9.21. The Balaban J connectivity index is 3.30. The van der Waals surface area contributed by atoms with E-state index < -0.39 is 4.92 Å². The molecule has 0 bridgehead atoms. The van der Waals surface area contributed by atoms with Crippen molar-refractivity contribution in [3.05, 3.63) is 28.1 Å². The third-order valence-corrected chi connectivity index (χ3v) is 1.67. The van der Waals surface area contributed by atoms with Gasteiger partial charge in [-0.2, -0.15) is 5.26 Å². The number of hydrogen-bond acceptors (Lipinski definition) is 5. The Bertz CT molecular complexity index is 408. The van der Waals surface area contributed by atoms with Crippen LogP contribution in [0, 0.1) is 21.4 Å². The number of hydrogen-bond donors (Lipinski definition) is 0. The summed E-state index contributed by atoms with van der Waals surface area (Å²) in [7, 11) is 3.49. The molecule has 0 amide bonds. The fourth-order valence-corrected chi connectivity index (χ4v) is 0.912. The Labute approximate surface area is 80.6 Å². The third kappa shape index (κ3) is 1.77. The van der Waals surface area contributed by atoms with E-state index in [1.165, 1.54) is 12.3 Å². The summed E-state index contributed by atoms with van der Waals surface area (Å²) < 4.78 is 0. The Kier molecular flexibility index (Phi) is 2.62. The average molecular weight is 192 g/mol. The van der Waals surface area contributed by atoms with Gasteiger partial charge >= 0.3 is 5.69 Å². The van der Waals surface area contributed by atoms with Crippen LogP contribution in [0.3, 0.4) is 0 Å². The molecule has 0 N–H and O–H groups in total. The minimum atomic E-state index is -0.613. The number of pyridine rings is 1. The van der Waals surface area contributed by atoms with Crippen molar-refractivity contribution in [2.45, 2.75) is 0 Å². The number of rotatable bonds is 2. The van der Waals surface area contributed by atoms with Gasteiger partial charge in [-0.05, 0) is 0 Å². The highest BCUT2D eigenvalue weighted by Crippen LogP contribution is 2.21. The summed E-state index contributed by atoms with van der Waals surface area (Å²) >= 11 is 0. The van der Waals surface area contributed by atoms with Crippen LogP contribution in [0.15, 0.2) is 12.3 Å². The third-order valence-electron chi connectivity index (χ3n) is 1.67. The van der Waals surface area contributed by atoms with Crippen molar-refractivity contribution in [2.75, 3.05) is 19.0 Å². The smallest absolute Gasteiger partial charge is 0.307 e. The Hall–Kier alpha value is -2.16. The lowest BCUT2D eigenvalue weighted by Crippen LogP contribution is -2.10. The number of anilines is 1. The topological polar surface area (TPSA) is 83.1 Å². The predicted molar refractivity (Wildman–Crippen MR) is 49.9 cm³/mol. The minimum absolute atomic E-state index is 0.166. The second-order valence-corrected chi connectivity index (χ2v) is 2.82. The molecule has 1 aromatic heterocycles. The molecular weight excluding hydrogens is 184 g/mol. The molecule has 1 aromatic rings. The molecule has 0 saturated carbocycles. The lowest BCUT2D eigenvalue weighted by Gasteiger charge is -2.10. The highest BCUT2D eigenvalue weighted by atomic mass is 16.6. The van der Waals surface area contributed by atoms with Gasteiger partial charge in [0.1, 0.15) is 6.07 Å². The molecule has 0 aliphatic rings. The zero-order chi connectivity index (χ0) is 10.7. The monoisotopic (exact) mass is 192 g/mol. The van der Waals surface area contributed by atoms with E-state index in [0.717, 1.165) is 0 Å². The number of nitrogens with zero attached hydrogens (tertiary/aromatic N) is 4. The van der Waals surface area contributed by atoms with Crippen molar-refractivity contribution >= 4 is 11.4 Å². The second-order valence-electron chi connectivity index (χ2n) is 2.82. The largest absolute Gasteiger partial charge is 0.376 e. The van der Waals surface area contributed by atoms with Crippen molar-refractivity contribution < 1.29 is 4.92 Å². The lowest BCUT2D eigenvalue weighted by atomic mass is 10.3. The van der Waals surface area contributed by atoms with Crippen LogP contribution in [0.2, 0.25) is 0 Å². The molecule has 0 fully saturated rings. The summed E-state index contributed by atoms with van der Waals surface area (Å²) in [5.41, 5.74) is 0.162. The van der Waals surface area contributed by atoms with Gasteiger partial charge in [-0.15, -0.1) is 0 Å². The van der Waals surface area contributed by atoms with E-state index in [2.05, 4.69) is 4.98 Å². The number of aromatic nitrogens is 1. The van der Waals surface area contributed by atoms with Crippen LogP contribution in [-0.4, -0.2) is 24.0 Å². The first-order valence-electron chi connectivity index (χ1n) is 3.78. The van der Waals surface area contributed by atoms with Crippen LogP contribution in [0.1, 0.15) is 5.69 Å². The lowest BCUT2D eigenvalue weighted by molar-refractivity contribution is -0.385. The van der Waals surface area contributed by atoms with Crippen LogP contribution >= 0.6 is 0 Å². The maximum Gasteiger partial charge on any atom is 0.307 e. The van der Waals surface area contributed by atoms with Gasteiger partial charge in [0.15, 0.2) is 0 Å². The van der Waals surface area contributed by atoms with Gasteiger partial charge in [-0.3, -0.25) is 10.1 Å². The van der Waals surface area contributed by atoms with Crippen molar-refractivity contribution in [1.82, 2.24) is 4.98 Å². The van der Waals surface area contributed by atoms with Crippen molar-refractivity contribution in [1.29, 1.82) is 5.26 Å². The van der Waals surface area contributed by atoms with E-state index in [4.69, 9.17) is 5.26 Å². The van der Waals surface area contributed by atoms with Gasteiger partial charge in [-0.25, -0.2) is 4.98 Å². The fourth-order valence-electron chi connectivity index (χ4n) is 0.912. The maximum atomic E-state index is 10.6. The molecular formula is C8H8N4O2. The van der Waals surface area contributed by atoms with Gasteiger partial charge in [0, 0.05) is 20.2 Å². The minimum Gasteiger partial charge on any atom is -0.376 e. The number of nitro groups is 1. The molecule has 14 heavy (non-hydrogen) atoms. The summed E-state index contributed by atoms with van der Waals surface area (Å²) in [4.78, 5) is 15.3. The fraction of sp³-hybridized carbons (Fsp3) is 0.250. The second kappa shape index (κ2) is 3.70. The van der Waals surface area contributed by atoms with Gasteiger partial charge < -0.3 is 4.90 Å². The van der Waals surface area contributed by atoms with E-state index in [1.807, 2.05) is 0 Å². The molecule has 0 saturated heterocycles. The quantitative estimate of drug-likeness (QED) is 0.514. The van der Waals surface area contributed by atoms with E-state index in [0.29, 0.717) is 5.69 Å². The summed E-state index contributed by atoms with van der Waals surface area (Å²) in [6.45, 7) is 0. The SMILES string of the molecule is CN(C)c1cnc(C#N)c([N+](=O)[O-])c1. The molecule has 0 radical (unpaired) electrons. The molecule has 72 valence electrons. The van der Waals surface area contributed by atoms with Crippen LogP contribution < -0.4 is 4.90 Å². The molecule has 0 aliphatic carbocycles. The zero-order valence-corrected chi connectivity index (χ0v) is 7.76. The maximum absolute atomic E-state index is 10.6. The molecule has 6 heteroatoms. The zero-order valence-electron chi connectivity index (χ0n) is 7.76. The summed E-state index contributed by atoms with van der Waals surface area (Å²) in [6.07, 6.45) is 1.42. The van der Waals surface area contributed by atoms with Gasteiger partial charge in [0.25, 0.3) is 0 Å². The Morgan fingerprint density at radius 2 is 2.29 bits per heavy atom. The van der Waals surface area contributed by atoms with Gasteiger partial charge in [0.2, 0.25) is 5.69 Å². The van der Waals surface area contributed by atoms with E-state index in [1.54, 1.807) is 25.1 Å². The van der Waals surface area contributed by atoms with E-state index >= 15 is 0 Å². The van der Waals surface area contributed by atoms with Gasteiger partial charge in [0.05, 0.1) is 16.8 Å². The predicted octanol–water partition coefficient (Wildman–Crippen LogP) is 0.927. The molecule has 1 rings (SSSR count). The molecule has 0 spiro atoms. The first-order chi connectivity index (χ1) is 6.56. The van der Waals surface area contributed by atoms with Gasteiger partial charge in [-0.1, -0.05) is 0 Å². The van der Waals surface area contributed by atoms with E-state index in [9.17, 15) is 10.1 Å². The Morgan fingerprint density at radius 1 is 1.64 bits per heavy atom. The number of nitriles is 1. The summed E-state index contributed by atoms with van der Waals surface area (Å²) in [6, 6.07) is 3.00. The van der Waals surface area contributed by atoms with Crippen molar-refractivity contribution in [2.24, 2.45) is 0 Å². The molecule has 1 heterocycles. The van der Waals surface area contributed by atoms with Crippen molar-refractivity contribution in [3.63, 3.8) is 0 Å². The first kappa shape index (κ1) is 9.92. The summed E-state index contributed by atoms with van der Waals surface area (Å²) in [5, 5.41) is 19.1. The molecule has 0 atom stereocenters. The highest BCUT2D eigenvalue weighted by molar-refractivity contribution is 5.55. The standard InChI is InChI=1S/C8H8N4O2/c1-11(2)6-3-8(12(13)14)7(4-9)10-5-6/h3,5H,1-2H3. The molecule has 0 aliphatic heterocycles. The molecule has 6 nitrogen and oxygen atoms in total. The average Bonchev–Trinajstić information content (AvgIpc) is 2.16. The highest BCUT2D eigenvalue weighted by Gasteiger charge is 2.16. The van der Waals surface area contributed by atoms with E-state index in [-0.39, 0.29) is 11.4 Å². The van der Waals surface area contributed by atoms with Crippen LogP contribution in [0.25, 0.3) is 0 Å². The van der Waals surface area contributed by atoms with Crippen molar-refractivity contribution in [3.8, 4) is 6.07 Å². The van der Waals surface area contributed by atoms with Crippen LogP contribution in [0.4, 0.5) is 11.4 Å². The molecule has 0 aromatic carbocycles. The van der Waals surface area contributed by atoms with Crippen LogP contribution in [-0.2, 0) is 0 Å². The molecule has 0 unspecified atom stereocenters.